The molecule has 0 amide bonds. The van der Waals surface area contributed by atoms with Crippen LogP contribution < -0.4 is 10.9 Å². The molecule has 6 heteroatoms. The minimum atomic E-state index is -0.335. The molecule has 0 unspecified atom stereocenters. The van der Waals surface area contributed by atoms with Gasteiger partial charge in [0, 0.05) is 31.2 Å². The van der Waals surface area contributed by atoms with Crippen molar-refractivity contribution in [3.63, 3.8) is 0 Å². The van der Waals surface area contributed by atoms with Crippen LogP contribution in [0.1, 0.15) is 0 Å². The van der Waals surface area contributed by atoms with Crippen LogP contribution in [0.15, 0.2) is 41.3 Å². The summed E-state index contributed by atoms with van der Waals surface area (Å²) in [5.41, 5.74) is 1.52. The molecule has 0 bridgehead atoms. The summed E-state index contributed by atoms with van der Waals surface area (Å²) < 4.78 is 14.5. The van der Waals surface area contributed by atoms with E-state index in [1.54, 1.807) is 38.5 Å². The molecule has 0 radical (unpaired) electrons. The van der Waals surface area contributed by atoms with E-state index in [-0.39, 0.29) is 11.4 Å². The van der Waals surface area contributed by atoms with Gasteiger partial charge < -0.3 is 5.32 Å². The summed E-state index contributed by atoms with van der Waals surface area (Å²) in [7, 11) is 3.37. The highest BCUT2D eigenvalue weighted by atomic mass is 19.1. The van der Waals surface area contributed by atoms with Crippen molar-refractivity contribution in [3.05, 3.63) is 52.7 Å². The fraction of sp³-hybridized carbons (Fsp3) is 0.133. The Bertz CT molecular complexity index is 871. The van der Waals surface area contributed by atoms with Crippen molar-refractivity contribution in [2.45, 2.75) is 0 Å². The highest BCUT2D eigenvalue weighted by Gasteiger charge is 2.10. The fourth-order valence-electron chi connectivity index (χ4n) is 2.20. The van der Waals surface area contributed by atoms with E-state index in [4.69, 9.17) is 0 Å². The van der Waals surface area contributed by atoms with Gasteiger partial charge in [-0.1, -0.05) is 12.1 Å². The fourth-order valence-corrected chi connectivity index (χ4v) is 2.20. The van der Waals surface area contributed by atoms with Gasteiger partial charge in [-0.2, -0.15) is 4.98 Å². The number of rotatable bonds is 2. The summed E-state index contributed by atoms with van der Waals surface area (Å²) >= 11 is 0. The van der Waals surface area contributed by atoms with E-state index in [1.165, 1.54) is 16.7 Å². The van der Waals surface area contributed by atoms with Crippen molar-refractivity contribution in [2.24, 2.45) is 7.05 Å². The van der Waals surface area contributed by atoms with Crippen LogP contribution in [0.4, 0.5) is 10.3 Å². The van der Waals surface area contributed by atoms with Crippen molar-refractivity contribution in [3.8, 4) is 11.1 Å². The van der Waals surface area contributed by atoms with Crippen LogP contribution >= 0.6 is 0 Å². The number of nitrogens with zero attached hydrogens (tertiary/aromatic N) is 3. The van der Waals surface area contributed by atoms with E-state index in [1.807, 2.05) is 0 Å². The predicted molar refractivity (Wildman–Crippen MR) is 79.7 cm³/mol. The molecule has 0 aliphatic carbocycles. The normalized spacial score (nSPS) is 10.8. The lowest BCUT2D eigenvalue weighted by molar-refractivity contribution is 0.628. The molecule has 1 N–H and O–H groups in total. The largest absolute Gasteiger partial charge is 0.357 e. The third-order valence-electron chi connectivity index (χ3n) is 3.33. The van der Waals surface area contributed by atoms with Crippen LogP contribution in [-0.4, -0.2) is 21.6 Å². The molecular weight excluding hydrogens is 271 g/mol. The molecule has 1 aromatic carbocycles. The summed E-state index contributed by atoms with van der Waals surface area (Å²) in [4.78, 5) is 20.9. The Hall–Kier alpha value is -2.76. The maximum Gasteiger partial charge on any atom is 0.259 e. The molecule has 0 aliphatic rings. The average Bonchev–Trinajstić information content (AvgIpc) is 2.51. The van der Waals surface area contributed by atoms with E-state index in [9.17, 15) is 9.18 Å². The molecule has 0 aliphatic heterocycles. The Morgan fingerprint density at radius 1 is 1.24 bits per heavy atom. The molecular formula is C15H13FN4O. The molecule has 0 atom stereocenters. The van der Waals surface area contributed by atoms with Gasteiger partial charge in [0.1, 0.15) is 11.5 Å². The molecule has 3 aromatic rings. The maximum atomic E-state index is 13.0. The lowest BCUT2D eigenvalue weighted by atomic mass is 10.1. The Kier molecular flexibility index (Phi) is 3.13. The summed E-state index contributed by atoms with van der Waals surface area (Å²) in [5, 5.41) is 3.58. The molecule has 0 saturated heterocycles. The minimum absolute atomic E-state index is 0.185. The smallest absolute Gasteiger partial charge is 0.259 e. The second-order valence-corrected chi connectivity index (χ2v) is 4.65. The highest BCUT2D eigenvalue weighted by Crippen LogP contribution is 2.20. The highest BCUT2D eigenvalue weighted by molar-refractivity contribution is 5.81. The molecule has 2 aromatic heterocycles. The molecule has 2 heterocycles. The maximum absolute atomic E-state index is 13.0. The topological polar surface area (TPSA) is 59.8 Å². The van der Waals surface area contributed by atoms with Crippen molar-refractivity contribution in [1.29, 1.82) is 0 Å². The van der Waals surface area contributed by atoms with Crippen molar-refractivity contribution < 1.29 is 4.39 Å². The Labute approximate surface area is 120 Å². The third-order valence-corrected chi connectivity index (χ3v) is 3.33. The van der Waals surface area contributed by atoms with Crippen LogP contribution in [0.3, 0.4) is 0 Å². The lowest BCUT2D eigenvalue weighted by Gasteiger charge is -2.09. The summed E-state index contributed by atoms with van der Waals surface area (Å²) in [5.74, 6) is 0.116. The number of fused-ring (bicyclic) bond motifs is 1. The van der Waals surface area contributed by atoms with Crippen LogP contribution in [0.5, 0.6) is 0 Å². The van der Waals surface area contributed by atoms with Crippen molar-refractivity contribution in [2.75, 3.05) is 12.4 Å². The van der Waals surface area contributed by atoms with Gasteiger partial charge >= 0.3 is 0 Å². The number of nitrogens with one attached hydrogen (secondary N) is 1. The van der Waals surface area contributed by atoms with Crippen LogP contribution in [0.2, 0.25) is 0 Å². The standard InChI is InChI=1S/C15H13FN4O/c1-17-15-18-8-10-7-12(9-3-5-11(16)6-4-9)14(21)20(2)13(10)19-15/h3-8H,1-2H3,(H,17,18,19). The van der Waals surface area contributed by atoms with E-state index < -0.39 is 0 Å². The zero-order chi connectivity index (χ0) is 15.0. The Balaban J connectivity index is 2.28. The van der Waals surface area contributed by atoms with Gasteiger partial charge in [-0.3, -0.25) is 9.36 Å². The number of aromatic nitrogens is 3. The zero-order valence-corrected chi connectivity index (χ0v) is 11.6. The van der Waals surface area contributed by atoms with Crippen LogP contribution in [0.25, 0.3) is 22.2 Å². The molecule has 0 saturated carbocycles. The monoisotopic (exact) mass is 284 g/mol. The first-order valence-electron chi connectivity index (χ1n) is 6.40. The van der Waals surface area contributed by atoms with E-state index in [0.717, 1.165) is 5.39 Å². The molecule has 0 spiro atoms. The van der Waals surface area contributed by atoms with Crippen molar-refractivity contribution >= 4 is 17.0 Å². The number of anilines is 1. The third kappa shape index (κ3) is 2.24. The molecule has 106 valence electrons. The summed E-state index contributed by atoms with van der Waals surface area (Å²) in [6.07, 6.45) is 1.65. The second kappa shape index (κ2) is 4.97. The van der Waals surface area contributed by atoms with Gasteiger partial charge in [-0.05, 0) is 23.8 Å². The molecule has 21 heavy (non-hydrogen) atoms. The number of halogens is 1. The van der Waals surface area contributed by atoms with E-state index in [0.29, 0.717) is 22.7 Å². The van der Waals surface area contributed by atoms with Gasteiger partial charge in [-0.15, -0.1) is 0 Å². The Morgan fingerprint density at radius 2 is 1.95 bits per heavy atom. The van der Waals surface area contributed by atoms with Gasteiger partial charge in [0.15, 0.2) is 0 Å². The summed E-state index contributed by atoms with van der Waals surface area (Å²) in [6, 6.07) is 7.56. The molecule has 5 nitrogen and oxygen atoms in total. The molecule has 0 fully saturated rings. The summed E-state index contributed by atoms with van der Waals surface area (Å²) in [6.45, 7) is 0. The van der Waals surface area contributed by atoms with Crippen molar-refractivity contribution in [1.82, 2.24) is 14.5 Å². The SMILES string of the molecule is CNc1ncc2cc(-c3ccc(F)cc3)c(=O)n(C)c2n1. The van der Waals surface area contributed by atoms with Gasteiger partial charge in [-0.25, -0.2) is 9.37 Å². The lowest BCUT2D eigenvalue weighted by Crippen LogP contribution is -2.20. The van der Waals surface area contributed by atoms with Gasteiger partial charge in [0.25, 0.3) is 5.56 Å². The van der Waals surface area contributed by atoms with E-state index in [2.05, 4.69) is 15.3 Å². The Morgan fingerprint density at radius 3 is 2.62 bits per heavy atom. The minimum Gasteiger partial charge on any atom is -0.357 e. The first-order valence-corrected chi connectivity index (χ1v) is 6.40. The number of hydrogen-bond donors (Lipinski definition) is 1. The second-order valence-electron chi connectivity index (χ2n) is 4.65. The van der Waals surface area contributed by atoms with Crippen LogP contribution in [0, 0.1) is 5.82 Å². The quantitative estimate of drug-likeness (QED) is 0.783. The van der Waals surface area contributed by atoms with Gasteiger partial charge in [0.05, 0.1) is 0 Å². The van der Waals surface area contributed by atoms with Crippen LogP contribution in [-0.2, 0) is 7.05 Å². The number of pyridine rings is 1. The predicted octanol–water partition coefficient (Wildman–Crippen LogP) is 2.18. The van der Waals surface area contributed by atoms with E-state index >= 15 is 0 Å². The molecule has 3 rings (SSSR count). The average molecular weight is 284 g/mol. The first-order chi connectivity index (χ1) is 10.1. The zero-order valence-electron chi connectivity index (χ0n) is 11.6. The number of hydrogen-bond acceptors (Lipinski definition) is 4. The first kappa shape index (κ1) is 13.2. The number of aryl methyl sites for hydroxylation is 1. The number of benzene rings is 1. The van der Waals surface area contributed by atoms with Gasteiger partial charge in [0.2, 0.25) is 5.95 Å².